The second-order valence-electron chi connectivity index (χ2n) is 9.26. The first-order valence-electron chi connectivity index (χ1n) is 11.9. The van der Waals surface area contributed by atoms with Crippen molar-refractivity contribution in [2.45, 2.75) is 31.2 Å². The second-order valence-corrected chi connectivity index (χ2v) is 9.26. The highest BCUT2D eigenvalue weighted by molar-refractivity contribution is 6.06. The summed E-state index contributed by atoms with van der Waals surface area (Å²) in [6.45, 7) is 0.638. The third-order valence-electron chi connectivity index (χ3n) is 6.59. The van der Waals surface area contributed by atoms with Crippen LogP contribution in [0, 0.1) is 5.92 Å². The maximum Gasteiger partial charge on any atom is 0.407 e. The van der Waals surface area contributed by atoms with Gasteiger partial charge in [-0.05, 0) is 79.3 Å². The Bertz CT molecular complexity index is 1220. The van der Waals surface area contributed by atoms with E-state index in [2.05, 4.69) is 10.6 Å². The summed E-state index contributed by atoms with van der Waals surface area (Å²) in [6, 6.07) is 23.3. The molecule has 2 saturated carbocycles. The smallest absolute Gasteiger partial charge is 0.407 e. The predicted molar refractivity (Wildman–Crippen MR) is 134 cm³/mol. The van der Waals surface area contributed by atoms with E-state index in [0.717, 1.165) is 24.8 Å². The second kappa shape index (κ2) is 9.62. The van der Waals surface area contributed by atoms with Gasteiger partial charge in [0.1, 0.15) is 0 Å². The molecule has 0 unspecified atom stereocenters. The molecule has 2 aliphatic rings. The molecule has 0 radical (unpaired) electrons. The molecule has 0 aliphatic heterocycles. The Hall–Kier alpha value is -4.13. The van der Waals surface area contributed by atoms with Crippen molar-refractivity contribution in [3.05, 3.63) is 95.6 Å². The van der Waals surface area contributed by atoms with Gasteiger partial charge in [-0.15, -0.1) is 0 Å². The lowest BCUT2D eigenvalue weighted by molar-refractivity contribution is 0.102. The Morgan fingerprint density at radius 2 is 1.31 bits per heavy atom. The van der Waals surface area contributed by atoms with Gasteiger partial charge < -0.3 is 20.6 Å². The molecule has 0 aromatic heterocycles. The highest BCUT2D eigenvalue weighted by Gasteiger charge is 2.46. The summed E-state index contributed by atoms with van der Waals surface area (Å²) in [7, 11) is 0. The van der Waals surface area contributed by atoms with Gasteiger partial charge in [0.2, 0.25) is 0 Å². The average molecular weight is 470 g/mol. The molecule has 2 fully saturated rings. The number of carbonyl (C=O) groups excluding carboxylic acids is 2. The minimum absolute atomic E-state index is 0.0504. The topological polar surface area (TPSA) is 98.7 Å². The monoisotopic (exact) mass is 469 g/mol. The lowest BCUT2D eigenvalue weighted by Crippen LogP contribution is -2.34. The van der Waals surface area contributed by atoms with Crippen LogP contribution in [0.2, 0.25) is 0 Å². The van der Waals surface area contributed by atoms with Crippen LogP contribution in [0.15, 0.2) is 78.9 Å². The normalized spacial score (nSPS) is 18.4. The van der Waals surface area contributed by atoms with E-state index in [4.69, 9.17) is 0 Å². The Balaban J connectivity index is 1.15. The fraction of sp³-hybridized carbons (Fsp3) is 0.250. The number of nitrogens with zero attached hydrogens (tertiary/aromatic N) is 1. The van der Waals surface area contributed by atoms with E-state index in [0.29, 0.717) is 35.0 Å². The van der Waals surface area contributed by atoms with E-state index in [1.807, 2.05) is 30.3 Å². The summed E-state index contributed by atoms with van der Waals surface area (Å²) < 4.78 is 0. The molecule has 3 N–H and O–H groups in total. The van der Waals surface area contributed by atoms with Gasteiger partial charge >= 0.3 is 6.09 Å². The number of benzene rings is 3. The summed E-state index contributed by atoms with van der Waals surface area (Å²) in [6.07, 6.45) is 2.26. The average Bonchev–Trinajstić information content (AvgIpc) is 3.79. The van der Waals surface area contributed by atoms with Gasteiger partial charge in [0, 0.05) is 41.0 Å². The molecule has 3 aromatic rings. The Kier molecular flexibility index (Phi) is 6.23. The fourth-order valence-corrected chi connectivity index (χ4v) is 4.33. The number of carboxylic acid groups (broad SMARTS) is 1. The highest BCUT2D eigenvalue weighted by atomic mass is 16.4. The third-order valence-corrected chi connectivity index (χ3v) is 6.59. The van der Waals surface area contributed by atoms with E-state index >= 15 is 0 Å². The van der Waals surface area contributed by atoms with E-state index in [9.17, 15) is 19.5 Å². The molecule has 5 rings (SSSR count). The van der Waals surface area contributed by atoms with Crippen molar-refractivity contribution in [3.8, 4) is 0 Å². The molecule has 0 bridgehead atoms. The third kappa shape index (κ3) is 5.51. The molecular formula is C28H27N3O4. The first-order chi connectivity index (χ1) is 17.0. The quantitative estimate of drug-likeness (QED) is 0.409. The molecule has 7 heteroatoms. The van der Waals surface area contributed by atoms with Crippen LogP contribution in [0.4, 0.5) is 16.2 Å². The standard InChI is InChI=1S/C28H27N3O4/c32-26(20-4-2-1-3-5-20)29-23-14-10-21(11-15-23)27(33)30-22-12-8-19(9-13-22)24-16-25(24)31(28(34)35)17-18-6-7-18/h1-5,8-15,18,24-25H,6-7,16-17H2,(H,29,32)(H,30,33)(H,34,35)/t24-,25+/m0/s1. The number of hydrogen-bond acceptors (Lipinski definition) is 3. The van der Waals surface area contributed by atoms with Crippen molar-refractivity contribution >= 4 is 29.3 Å². The van der Waals surface area contributed by atoms with Crippen LogP contribution < -0.4 is 10.6 Å². The largest absolute Gasteiger partial charge is 0.465 e. The van der Waals surface area contributed by atoms with Gasteiger partial charge in [-0.2, -0.15) is 0 Å². The zero-order chi connectivity index (χ0) is 24.4. The number of nitrogens with one attached hydrogen (secondary N) is 2. The van der Waals surface area contributed by atoms with Crippen LogP contribution >= 0.6 is 0 Å². The summed E-state index contributed by atoms with van der Waals surface area (Å²) in [5.41, 5.74) is 3.41. The zero-order valence-corrected chi connectivity index (χ0v) is 19.2. The highest BCUT2D eigenvalue weighted by Crippen LogP contribution is 2.46. The van der Waals surface area contributed by atoms with Gasteiger partial charge in [-0.25, -0.2) is 4.79 Å². The summed E-state index contributed by atoms with van der Waals surface area (Å²) in [5, 5.41) is 15.3. The van der Waals surface area contributed by atoms with Crippen LogP contribution in [-0.2, 0) is 0 Å². The van der Waals surface area contributed by atoms with E-state index in [1.165, 1.54) is 0 Å². The van der Waals surface area contributed by atoms with Crippen LogP contribution in [0.3, 0.4) is 0 Å². The van der Waals surface area contributed by atoms with Gasteiger partial charge in [-0.3, -0.25) is 9.59 Å². The molecular weight excluding hydrogens is 442 g/mol. The van der Waals surface area contributed by atoms with Crippen molar-refractivity contribution in [2.75, 3.05) is 17.2 Å². The van der Waals surface area contributed by atoms with Crippen molar-refractivity contribution < 1.29 is 19.5 Å². The molecule has 7 nitrogen and oxygen atoms in total. The van der Waals surface area contributed by atoms with Gasteiger partial charge in [0.25, 0.3) is 11.8 Å². The Labute approximate surface area is 203 Å². The van der Waals surface area contributed by atoms with E-state index in [-0.39, 0.29) is 23.8 Å². The maximum atomic E-state index is 12.7. The van der Waals surface area contributed by atoms with Crippen LogP contribution in [0.5, 0.6) is 0 Å². The molecule has 3 amide bonds. The van der Waals surface area contributed by atoms with Gasteiger partial charge in [-0.1, -0.05) is 30.3 Å². The lowest BCUT2D eigenvalue weighted by Gasteiger charge is -2.19. The predicted octanol–water partition coefficient (Wildman–Crippen LogP) is 5.44. The molecule has 2 atom stereocenters. The fourth-order valence-electron chi connectivity index (χ4n) is 4.33. The summed E-state index contributed by atoms with van der Waals surface area (Å²) in [4.78, 5) is 38.2. The molecule has 3 aromatic carbocycles. The number of carbonyl (C=O) groups is 3. The van der Waals surface area contributed by atoms with Crippen LogP contribution in [0.1, 0.15) is 51.5 Å². The van der Waals surface area contributed by atoms with Crippen molar-refractivity contribution in [3.63, 3.8) is 0 Å². The lowest BCUT2D eigenvalue weighted by atomic mass is 10.1. The van der Waals surface area contributed by atoms with Crippen molar-refractivity contribution in [1.29, 1.82) is 0 Å². The minimum atomic E-state index is -0.834. The van der Waals surface area contributed by atoms with Gasteiger partial charge in [0.05, 0.1) is 0 Å². The van der Waals surface area contributed by atoms with E-state index in [1.54, 1.807) is 53.4 Å². The zero-order valence-electron chi connectivity index (χ0n) is 19.2. The number of anilines is 2. The van der Waals surface area contributed by atoms with Gasteiger partial charge in [0.15, 0.2) is 0 Å². The Morgan fingerprint density at radius 1 is 0.771 bits per heavy atom. The van der Waals surface area contributed by atoms with E-state index < -0.39 is 6.09 Å². The number of rotatable bonds is 8. The number of amides is 3. The van der Waals surface area contributed by atoms with Crippen molar-refractivity contribution in [1.82, 2.24) is 4.90 Å². The SMILES string of the molecule is O=C(Nc1ccc(C(=O)Nc2ccc([C@@H]3C[C@H]3N(CC3CC3)C(=O)O)cc2)cc1)c1ccccc1. The molecule has 2 aliphatic carbocycles. The van der Waals surface area contributed by atoms with Crippen LogP contribution in [-0.4, -0.2) is 40.5 Å². The molecule has 0 saturated heterocycles. The first-order valence-corrected chi connectivity index (χ1v) is 11.9. The summed E-state index contributed by atoms with van der Waals surface area (Å²) >= 11 is 0. The molecule has 178 valence electrons. The maximum absolute atomic E-state index is 12.7. The first kappa shape index (κ1) is 22.7. The molecule has 0 spiro atoms. The molecule has 35 heavy (non-hydrogen) atoms. The molecule has 0 heterocycles. The summed E-state index contributed by atoms with van der Waals surface area (Å²) in [5.74, 6) is 0.289. The Morgan fingerprint density at radius 3 is 1.86 bits per heavy atom. The minimum Gasteiger partial charge on any atom is -0.465 e. The van der Waals surface area contributed by atoms with Crippen molar-refractivity contribution in [2.24, 2.45) is 5.92 Å². The van der Waals surface area contributed by atoms with Crippen LogP contribution in [0.25, 0.3) is 0 Å². The number of hydrogen-bond donors (Lipinski definition) is 3.